The monoisotopic (exact) mass is 324 g/mol. The van der Waals surface area contributed by atoms with Crippen molar-refractivity contribution in [2.24, 2.45) is 11.7 Å². The second-order valence-electron chi connectivity index (χ2n) is 4.93. The molecule has 0 saturated heterocycles. The number of nitro groups is 1. The SMILES string of the molecule is NC1CCC(Cn2cnc([N+](=O)[O-])c2)C1.O=C(O)C(F)(F)F. The molecule has 0 bridgehead atoms. The first kappa shape index (κ1) is 17.9. The van der Waals surface area contributed by atoms with Gasteiger partial charge in [-0.2, -0.15) is 13.2 Å². The van der Waals surface area contributed by atoms with E-state index in [1.165, 1.54) is 12.5 Å². The number of hydrogen-bond donors (Lipinski definition) is 2. The third kappa shape index (κ3) is 5.68. The van der Waals surface area contributed by atoms with Crippen molar-refractivity contribution in [1.29, 1.82) is 0 Å². The Kier molecular flexibility index (Phi) is 5.85. The molecule has 1 heterocycles. The maximum absolute atomic E-state index is 10.6. The number of carboxylic acid groups (broad SMARTS) is 1. The number of hydrogen-bond acceptors (Lipinski definition) is 5. The van der Waals surface area contributed by atoms with Gasteiger partial charge in [-0.1, -0.05) is 0 Å². The van der Waals surface area contributed by atoms with Crippen LogP contribution in [0.25, 0.3) is 0 Å². The van der Waals surface area contributed by atoms with Crippen molar-refractivity contribution in [3.63, 3.8) is 0 Å². The van der Waals surface area contributed by atoms with E-state index in [0.717, 1.165) is 25.8 Å². The van der Waals surface area contributed by atoms with Gasteiger partial charge >= 0.3 is 18.0 Å². The second-order valence-corrected chi connectivity index (χ2v) is 4.93. The third-order valence-corrected chi connectivity index (χ3v) is 3.10. The lowest BCUT2D eigenvalue weighted by atomic mass is 10.1. The minimum Gasteiger partial charge on any atom is -0.475 e. The summed E-state index contributed by atoms with van der Waals surface area (Å²) in [5.74, 6) is -2.31. The molecule has 0 radical (unpaired) electrons. The van der Waals surface area contributed by atoms with Crippen molar-refractivity contribution in [2.75, 3.05) is 0 Å². The van der Waals surface area contributed by atoms with Crippen LogP contribution in [0.15, 0.2) is 12.5 Å². The molecule has 0 aliphatic heterocycles. The van der Waals surface area contributed by atoms with E-state index in [9.17, 15) is 23.3 Å². The van der Waals surface area contributed by atoms with Gasteiger partial charge in [0.25, 0.3) is 0 Å². The third-order valence-electron chi connectivity index (χ3n) is 3.10. The van der Waals surface area contributed by atoms with Crippen LogP contribution in [0.3, 0.4) is 0 Å². The predicted molar refractivity (Wildman–Crippen MR) is 67.9 cm³/mol. The first-order valence-electron chi connectivity index (χ1n) is 6.31. The van der Waals surface area contributed by atoms with Gasteiger partial charge < -0.3 is 25.5 Å². The highest BCUT2D eigenvalue weighted by Gasteiger charge is 2.38. The van der Waals surface area contributed by atoms with E-state index in [4.69, 9.17) is 15.6 Å². The van der Waals surface area contributed by atoms with Crippen molar-refractivity contribution in [3.05, 3.63) is 22.6 Å². The van der Waals surface area contributed by atoms with Gasteiger partial charge in [-0.25, -0.2) is 4.79 Å². The summed E-state index contributed by atoms with van der Waals surface area (Å²) in [6, 6.07) is 0.300. The molecule has 0 aromatic carbocycles. The second kappa shape index (κ2) is 7.20. The molecule has 2 atom stereocenters. The number of alkyl halides is 3. The van der Waals surface area contributed by atoms with Gasteiger partial charge in [0, 0.05) is 12.6 Å². The van der Waals surface area contributed by atoms with Crippen molar-refractivity contribution in [3.8, 4) is 0 Å². The van der Waals surface area contributed by atoms with Crippen molar-refractivity contribution < 1.29 is 28.0 Å². The zero-order valence-corrected chi connectivity index (χ0v) is 11.4. The Bertz CT molecular complexity index is 532. The largest absolute Gasteiger partial charge is 0.490 e. The Morgan fingerprint density at radius 3 is 2.50 bits per heavy atom. The van der Waals surface area contributed by atoms with Gasteiger partial charge in [0.05, 0.1) is 0 Å². The van der Waals surface area contributed by atoms with E-state index in [0.29, 0.717) is 12.0 Å². The van der Waals surface area contributed by atoms with Crippen LogP contribution >= 0.6 is 0 Å². The van der Waals surface area contributed by atoms with E-state index < -0.39 is 17.1 Å². The molecule has 2 rings (SSSR count). The fourth-order valence-corrected chi connectivity index (χ4v) is 2.12. The summed E-state index contributed by atoms with van der Waals surface area (Å²) in [4.78, 5) is 22.5. The van der Waals surface area contributed by atoms with E-state index in [-0.39, 0.29) is 5.82 Å². The van der Waals surface area contributed by atoms with Crippen molar-refractivity contribution in [1.82, 2.24) is 9.55 Å². The van der Waals surface area contributed by atoms with Gasteiger partial charge in [-0.3, -0.25) is 0 Å². The van der Waals surface area contributed by atoms with Gasteiger partial charge in [0.15, 0.2) is 0 Å². The molecular formula is C11H15F3N4O4. The molecule has 1 aromatic rings. The highest BCUT2D eigenvalue weighted by molar-refractivity contribution is 5.73. The smallest absolute Gasteiger partial charge is 0.475 e. The van der Waals surface area contributed by atoms with Crippen LogP contribution in [0.1, 0.15) is 19.3 Å². The molecule has 0 amide bonds. The Labute approximate surface area is 122 Å². The Morgan fingerprint density at radius 1 is 1.55 bits per heavy atom. The topological polar surface area (TPSA) is 124 Å². The highest BCUT2D eigenvalue weighted by Crippen LogP contribution is 2.25. The van der Waals surface area contributed by atoms with Crippen LogP contribution in [-0.2, 0) is 11.3 Å². The molecule has 1 fully saturated rings. The van der Waals surface area contributed by atoms with Crippen LogP contribution in [0.5, 0.6) is 0 Å². The summed E-state index contributed by atoms with van der Waals surface area (Å²) < 4.78 is 33.5. The number of imidazole rings is 1. The van der Waals surface area contributed by atoms with E-state index in [2.05, 4.69) is 4.98 Å². The number of carbonyl (C=O) groups is 1. The molecule has 1 aliphatic rings. The lowest BCUT2D eigenvalue weighted by Crippen LogP contribution is -2.21. The van der Waals surface area contributed by atoms with Crippen molar-refractivity contribution in [2.45, 2.75) is 38.0 Å². The molecule has 11 heteroatoms. The average molecular weight is 324 g/mol. The Morgan fingerprint density at radius 2 is 2.14 bits per heavy atom. The molecule has 2 unspecified atom stereocenters. The summed E-state index contributed by atoms with van der Waals surface area (Å²) in [6.07, 6.45) is 1.08. The van der Waals surface area contributed by atoms with Gasteiger partial charge in [0.2, 0.25) is 6.33 Å². The van der Waals surface area contributed by atoms with Crippen LogP contribution in [-0.4, -0.2) is 37.8 Å². The van der Waals surface area contributed by atoms with Crippen LogP contribution in [0.2, 0.25) is 0 Å². The molecule has 1 saturated carbocycles. The molecular weight excluding hydrogens is 309 g/mol. The first-order valence-corrected chi connectivity index (χ1v) is 6.31. The minimum atomic E-state index is -5.08. The maximum Gasteiger partial charge on any atom is 0.490 e. The summed E-state index contributed by atoms with van der Waals surface area (Å²) in [5, 5.41) is 17.5. The zero-order chi connectivity index (χ0) is 16.9. The number of nitrogens with zero attached hydrogens (tertiary/aromatic N) is 3. The van der Waals surface area contributed by atoms with Gasteiger partial charge in [-0.15, -0.1) is 0 Å². The molecule has 22 heavy (non-hydrogen) atoms. The first-order chi connectivity index (χ1) is 10.1. The minimum absolute atomic E-state index is 0.0858. The Hall–Kier alpha value is -2.17. The lowest BCUT2D eigenvalue weighted by molar-refractivity contribution is -0.389. The normalized spacial score (nSPS) is 21.1. The highest BCUT2D eigenvalue weighted by atomic mass is 19.4. The average Bonchev–Trinajstić information content (AvgIpc) is 2.99. The van der Waals surface area contributed by atoms with Crippen LogP contribution in [0.4, 0.5) is 19.0 Å². The predicted octanol–water partition coefficient (Wildman–Crippen LogP) is 1.55. The number of halogens is 3. The molecule has 124 valence electrons. The van der Waals surface area contributed by atoms with E-state index in [1.54, 1.807) is 4.57 Å². The number of aromatic nitrogens is 2. The summed E-state index contributed by atoms with van der Waals surface area (Å²) in [5.41, 5.74) is 5.80. The lowest BCUT2D eigenvalue weighted by Gasteiger charge is -2.08. The number of aliphatic carboxylic acids is 1. The molecule has 1 aromatic heterocycles. The van der Waals surface area contributed by atoms with E-state index >= 15 is 0 Å². The molecule has 1 aliphatic carbocycles. The number of carboxylic acids is 1. The standard InChI is InChI=1S/C9H14N4O2.C2HF3O2/c10-8-2-1-7(3-8)4-12-5-9(11-6-12)13(14)15;3-2(4,5)1(6)7/h5-8H,1-4,10H2;(H,6,7). The quantitative estimate of drug-likeness (QED) is 0.642. The summed E-state index contributed by atoms with van der Waals surface area (Å²) in [6.45, 7) is 0.786. The fraction of sp³-hybridized carbons (Fsp3) is 0.636. The number of rotatable bonds is 3. The number of nitrogens with two attached hydrogens (primary N) is 1. The van der Waals surface area contributed by atoms with Crippen molar-refractivity contribution >= 4 is 11.8 Å². The van der Waals surface area contributed by atoms with Crippen LogP contribution in [0, 0.1) is 16.0 Å². The molecule has 8 nitrogen and oxygen atoms in total. The van der Waals surface area contributed by atoms with Gasteiger partial charge in [0.1, 0.15) is 6.20 Å². The summed E-state index contributed by atoms with van der Waals surface area (Å²) >= 11 is 0. The van der Waals surface area contributed by atoms with E-state index in [1.807, 2.05) is 0 Å². The fourth-order valence-electron chi connectivity index (χ4n) is 2.12. The Balaban J connectivity index is 0.000000295. The van der Waals surface area contributed by atoms with Crippen LogP contribution < -0.4 is 5.73 Å². The summed E-state index contributed by atoms with van der Waals surface area (Å²) in [7, 11) is 0. The molecule has 0 spiro atoms. The maximum atomic E-state index is 10.6. The van der Waals surface area contributed by atoms with Gasteiger partial charge in [-0.05, 0) is 35.1 Å². The molecule has 3 N–H and O–H groups in total. The zero-order valence-electron chi connectivity index (χ0n) is 11.4.